The molecule has 0 saturated carbocycles. The van der Waals surface area contributed by atoms with Crippen molar-refractivity contribution in [3.05, 3.63) is 63.6 Å². The Balaban J connectivity index is 2.26. The summed E-state index contributed by atoms with van der Waals surface area (Å²) in [5.74, 6) is 0.174. The number of nitrogens with one attached hydrogen (secondary N) is 1. The molecule has 5 heteroatoms. The van der Waals surface area contributed by atoms with E-state index in [0.717, 1.165) is 10.9 Å². The molecule has 25 heavy (non-hydrogen) atoms. The number of carbonyl (C=O) groups excluding carboxylic acids is 1. The highest BCUT2D eigenvalue weighted by Crippen LogP contribution is 2.26. The largest absolute Gasteiger partial charge is 0.493 e. The molecule has 128 valence electrons. The highest BCUT2D eigenvalue weighted by Gasteiger charge is 2.12. The van der Waals surface area contributed by atoms with Crippen LogP contribution in [0.2, 0.25) is 0 Å². The molecule has 1 N–H and O–H groups in total. The molecule has 2 rings (SSSR count). The van der Waals surface area contributed by atoms with Crippen LogP contribution >= 0.6 is 15.9 Å². The van der Waals surface area contributed by atoms with E-state index in [4.69, 9.17) is 4.74 Å². The van der Waals surface area contributed by atoms with Gasteiger partial charge < -0.3 is 10.1 Å². The lowest BCUT2D eigenvalue weighted by Gasteiger charge is -2.09. The number of carbonyl (C=O) groups is 1. The number of nitrogens with zero attached hydrogens (tertiary/aromatic N) is 1. The number of ether oxygens (including phenoxy) is 1. The summed E-state index contributed by atoms with van der Waals surface area (Å²) in [7, 11) is 0. The lowest BCUT2D eigenvalue weighted by Crippen LogP contribution is -2.13. The number of hydrogen-bond donors (Lipinski definition) is 1. The molecule has 0 aliphatic heterocycles. The van der Waals surface area contributed by atoms with Crippen LogP contribution in [0, 0.1) is 11.3 Å². The van der Waals surface area contributed by atoms with Crippen LogP contribution in [0.4, 0.5) is 5.69 Å². The van der Waals surface area contributed by atoms with Crippen LogP contribution in [-0.4, -0.2) is 12.5 Å². The van der Waals surface area contributed by atoms with Crippen molar-refractivity contribution in [2.24, 2.45) is 0 Å². The van der Waals surface area contributed by atoms with Gasteiger partial charge >= 0.3 is 0 Å². The summed E-state index contributed by atoms with van der Waals surface area (Å²) in [5, 5.41) is 12.1. The van der Waals surface area contributed by atoms with Crippen molar-refractivity contribution in [3.8, 4) is 11.8 Å². The maximum Gasteiger partial charge on any atom is 0.266 e. The molecule has 0 saturated heterocycles. The smallest absolute Gasteiger partial charge is 0.266 e. The van der Waals surface area contributed by atoms with Crippen LogP contribution in [0.25, 0.3) is 6.08 Å². The van der Waals surface area contributed by atoms with Crippen LogP contribution in [-0.2, 0) is 11.2 Å². The molecular weight excluding hydrogens is 380 g/mol. The van der Waals surface area contributed by atoms with Crippen molar-refractivity contribution >= 4 is 33.6 Å². The Labute approximate surface area is 156 Å². The van der Waals surface area contributed by atoms with Crippen LogP contribution in [0.5, 0.6) is 5.75 Å². The fourth-order valence-electron chi connectivity index (χ4n) is 2.25. The Bertz CT molecular complexity index is 821. The van der Waals surface area contributed by atoms with Crippen LogP contribution in [0.3, 0.4) is 0 Å². The molecule has 0 unspecified atom stereocenters. The molecule has 0 atom stereocenters. The molecule has 0 spiro atoms. The first kappa shape index (κ1) is 18.8. The van der Waals surface area contributed by atoms with Gasteiger partial charge in [0.1, 0.15) is 17.4 Å². The highest BCUT2D eigenvalue weighted by atomic mass is 79.9. The normalized spacial score (nSPS) is 10.9. The molecule has 0 radical (unpaired) electrons. The van der Waals surface area contributed by atoms with E-state index in [9.17, 15) is 10.1 Å². The van der Waals surface area contributed by atoms with Gasteiger partial charge in [0.15, 0.2) is 0 Å². The van der Waals surface area contributed by atoms with E-state index in [1.165, 1.54) is 11.6 Å². The number of halogens is 1. The fourth-order valence-corrected chi connectivity index (χ4v) is 2.62. The third kappa shape index (κ3) is 5.20. The molecule has 0 heterocycles. The molecule has 2 aromatic rings. The zero-order valence-electron chi connectivity index (χ0n) is 14.2. The second kappa shape index (κ2) is 9.05. The Morgan fingerprint density at radius 2 is 1.96 bits per heavy atom. The van der Waals surface area contributed by atoms with E-state index in [-0.39, 0.29) is 5.57 Å². The van der Waals surface area contributed by atoms with E-state index in [0.29, 0.717) is 23.6 Å². The number of aryl methyl sites for hydroxylation is 1. The van der Waals surface area contributed by atoms with Gasteiger partial charge in [0, 0.05) is 15.7 Å². The molecular formula is C20H19BrN2O2. The van der Waals surface area contributed by atoms with E-state index in [1.807, 2.05) is 49.4 Å². The van der Waals surface area contributed by atoms with Gasteiger partial charge in [-0.2, -0.15) is 5.26 Å². The topological polar surface area (TPSA) is 62.1 Å². The van der Waals surface area contributed by atoms with Gasteiger partial charge in [-0.1, -0.05) is 35.0 Å². The van der Waals surface area contributed by atoms with E-state index in [2.05, 4.69) is 28.2 Å². The fraction of sp³-hybridized carbons (Fsp3) is 0.200. The predicted molar refractivity (Wildman–Crippen MR) is 103 cm³/mol. The summed E-state index contributed by atoms with van der Waals surface area (Å²) < 4.78 is 6.40. The zero-order chi connectivity index (χ0) is 18.2. The average molecular weight is 399 g/mol. The summed E-state index contributed by atoms with van der Waals surface area (Å²) in [4.78, 5) is 12.4. The van der Waals surface area contributed by atoms with Crippen LogP contribution < -0.4 is 10.1 Å². The lowest BCUT2D eigenvalue weighted by molar-refractivity contribution is -0.112. The van der Waals surface area contributed by atoms with Crippen molar-refractivity contribution in [3.63, 3.8) is 0 Å². The third-order valence-corrected chi connectivity index (χ3v) is 4.05. The Morgan fingerprint density at radius 3 is 2.56 bits per heavy atom. The second-order valence-electron chi connectivity index (χ2n) is 5.29. The molecule has 0 aromatic heterocycles. The number of rotatable bonds is 6. The van der Waals surface area contributed by atoms with Gasteiger partial charge in [0.25, 0.3) is 5.91 Å². The first-order chi connectivity index (χ1) is 12.1. The van der Waals surface area contributed by atoms with Gasteiger partial charge in [-0.15, -0.1) is 0 Å². The first-order valence-electron chi connectivity index (χ1n) is 8.01. The van der Waals surface area contributed by atoms with Crippen molar-refractivity contribution in [2.45, 2.75) is 20.3 Å². The summed E-state index contributed by atoms with van der Waals surface area (Å²) in [6, 6.07) is 15.0. The molecule has 2 aromatic carbocycles. The van der Waals surface area contributed by atoms with Crippen molar-refractivity contribution in [1.29, 1.82) is 5.26 Å². The van der Waals surface area contributed by atoms with Gasteiger partial charge in [-0.05, 0) is 55.3 Å². The van der Waals surface area contributed by atoms with Gasteiger partial charge in [0.05, 0.1) is 6.61 Å². The Kier molecular flexibility index (Phi) is 6.79. The lowest BCUT2D eigenvalue weighted by atomic mass is 10.1. The number of benzene rings is 2. The SMILES string of the molecule is CCOc1ccc(Br)cc1/C=C(\C#N)C(=O)Nc1ccc(CC)cc1. The Morgan fingerprint density at radius 1 is 1.24 bits per heavy atom. The summed E-state index contributed by atoms with van der Waals surface area (Å²) in [5.41, 5.74) is 2.52. The van der Waals surface area contributed by atoms with Crippen LogP contribution in [0.1, 0.15) is 25.0 Å². The number of hydrogen-bond acceptors (Lipinski definition) is 3. The van der Waals surface area contributed by atoms with Gasteiger partial charge in [0.2, 0.25) is 0 Å². The number of anilines is 1. The zero-order valence-corrected chi connectivity index (χ0v) is 15.8. The molecule has 0 aliphatic carbocycles. The molecule has 0 bridgehead atoms. The average Bonchev–Trinajstić information content (AvgIpc) is 2.62. The summed E-state index contributed by atoms with van der Waals surface area (Å²) in [6.07, 6.45) is 2.46. The first-order valence-corrected chi connectivity index (χ1v) is 8.81. The maximum absolute atomic E-state index is 12.4. The summed E-state index contributed by atoms with van der Waals surface area (Å²) >= 11 is 3.40. The van der Waals surface area contributed by atoms with Crippen molar-refractivity contribution in [2.75, 3.05) is 11.9 Å². The van der Waals surface area contributed by atoms with Crippen molar-refractivity contribution in [1.82, 2.24) is 0 Å². The van der Waals surface area contributed by atoms with Gasteiger partial charge in [-0.3, -0.25) is 4.79 Å². The monoisotopic (exact) mass is 398 g/mol. The van der Waals surface area contributed by atoms with Crippen LogP contribution in [0.15, 0.2) is 52.5 Å². The third-order valence-electron chi connectivity index (χ3n) is 3.56. The summed E-state index contributed by atoms with van der Waals surface area (Å²) in [6.45, 7) is 4.45. The quantitative estimate of drug-likeness (QED) is 0.552. The Hall–Kier alpha value is -2.58. The van der Waals surface area contributed by atoms with E-state index in [1.54, 1.807) is 6.07 Å². The molecule has 0 aliphatic rings. The number of nitriles is 1. The highest BCUT2D eigenvalue weighted by molar-refractivity contribution is 9.10. The van der Waals surface area contributed by atoms with E-state index >= 15 is 0 Å². The van der Waals surface area contributed by atoms with E-state index < -0.39 is 5.91 Å². The van der Waals surface area contributed by atoms with Crippen molar-refractivity contribution < 1.29 is 9.53 Å². The second-order valence-corrected chi connectivity index (χ2v) is 6.21. The predicted octanol–water partition coefficient (Wildman–Crippen LogP) is 4.96. The maximum atomic E-state index is 12.4. The van der Waals surface area contributed by atoms with Gasteiger partial charge in [-0.25, -0.2) is 0 Å². The standard InChI is InChI=1S/C20H19BrN2O2/c1-3-14-5-8-18(9-6-14)23-20(24)16(13-22)11-15-12-17(21)7-10-19(15)25-4-2/h5-12H,3-4H2,1-2H3,(H,23,24)/b16-11+. The minimum atomic E-state index is -0.450. The molecule has 0 fully saturated rings. The number of amides is 1. The molecule has 4 nitrogen and oxygen atoms in total. The minimum Gasteiger partial charge on any atom is -0.493 e. The molecule has 1 amide bonds. The minimum absolute atomic E-state index is 0.0126.